The van der Waals surface area contributed by atoms with Gasteiger partial charge in [0.15, 0.2) is 11.5 Å². The molecule has 130 valence electrons. The molecule has 0 spiro atoms. The van der Waals surface area contributed by atoms with Gasteiger partial charge in [-0.2, -0.15) is 8.78 Å². The molecule has 0 aliphatic carbocycles. The molecular formula is C18H21F2NO3. The van der Waals surface area contributed by atoms with Gasteiger partial charge in [-0.1, -0.05) is 6.07 Å². The molecule has 2 aromatic rings. The SMILES string of the molecule is COc1ccc(CCNc2ccc(OC(C)(F)F)cc2)cc1OC. The molecule has 0 unspecified atom stereocenters. The van der Waals surface area contributed by atoms with E-state index in [0.29, 0.717) is 25.0 Å². The summed E-state index contributed by atoms with van der Waals surface area (Å²) in [7, 11) is 3.20. The number of halogens is 2. The summed E-state index contributed by atoms with van der Waals surface area (Å²) in [6, 6.07) is 12.2. The van der Waals surface area contributed by atoms with Crippen LogP contribution >= 0.6 is 0 Å². The largest absolute Gasteiger partial charge is 0.493 e. The fraction of sp³-hybridized carbons (Fsp3) is 0.333. The molecule has 4 nitrogen and oxygen atoms in total. The Labute approximate surface area is 140 Å². The highest BCUT2D eigenvalue weighted by molar-refractivity contribution is 5.47. The quantitative estimate of drug-likeness (QED) is 0.777. The van der Waals surface area contributed by atoms with Crippen molar-refractivity contribution in [3.05, 3.63) is 48.0 Å². The number of alkyl halides is 2. The first-order valence-corrected chi connectivity index (χ1v) is 7.53. The smallest absolute Gasteiger partial charge is 0.394 e. The number of benzene rings is 2. The molecule has 0 aliphatic heterocycles. The Morgan fingerprint density at radius 3 is 2.21 bits per heavy atom. The Morgan fingerprint density at radius 1 is 0.958 bits per heavy atom. The van der Waals surface area contributed by atoms with Crippen LogP contribution < -0.4 is 19.5 Å². The van der Waals surface area contributed by atoms with Crippen molar-refractivity contribution in [1.29, 1.82) is 0 Å². The Bertz CT molecular complexity index is 654. The van der Waals surface area contributed by atoms with Crippen LogP contribution in [-0.2, 0) is 6.42 Å². The summed E-state index contributed by atoms with van der Waals surface area (Å²) in [5.74, 6) is 1.52. The molecule has 0 radical (unpaired) electrons. The predicted octanol–water partition coefficient (Wildman–Crippen LogP) is 4.35. The molecule has 0 heterocycles. The second-order valence-corrected chi connectivity index (χ2v) is 5.30. The third-order valence-corrected chi connectivity index (χ3v) is 3.34. The van der Waals surface area contributed by atoms with Crippen LogP contribution in [-0.4, -0.2) is 26.9 Å². The summed E-state index contributed by atoms with van der Waals surface area (Å²) in [5.41, 5.74) is 1.94. The van der Waals surface area contributed by atoms with Crippen molar-refractivity contribution in [2.24, 2.45) is 0 Å². The lowest BCUT2D eigenvalue weighted by molar-refractivity contribution is -0.158. The summed E-state index contributed by atoms with van der Waals surface area (Å²) < 4.78 is 40.5. The minimum atomic E-state index is -3.18. The Hall–Kier alpha value is -2.50. The molecule has 0 aromatic heterocycles. The summed E-state index contributed by atoms with van der Waals surface area (Å²) in [6.07, 6.45) is -2.39. The van der Waals surface area contributed by atoms with Crippen LogP contribution in [0.25, 0.3) is 0 Å². The second-order valence-electron chi connectivity index (χ2n) is 5.30. The van der Waals surface area contributed by atoms with E-state index in [-0.39, 0.29) is 5.75 Å². The zero-order valence-corrected chi connectivity index (χ0v) is 13.9. The van der Waals surface area contributed by atoms with Crippen LogP contribution in [0.5, 0.6) is 17.2 Å². The molecule has 2 rings (SSSR count). The first-order valence-electron chi connectivity index (χ1n) is 7.53. The lowest BCUT2D eigenvalue weighted by Gasteiger charge is -2.14. The maximum Gasteiger partial charge on any atom is 0.394 e. The number of hydrogen-bond acceptors (Lipinski definition) is 4. The van der Waals surface area contributed by atoms with Crippen molar-refractivity contribution in [2.45, 2.75) is 19.5 Å². The summed E-state index contributed by atoms with van der Waals surface area (Å²) in [6.45, 7) is 1.40. The summed E-state index contributed by atoms with van der Waals surface area (Å²) in [4.78, 5) is 0. The van der Waals surface area contributed by atoms with Crippen LogP contribution in [0.2, 0.25) is 0 Å². The van der Waals surface area contributed by atoms with Crippen LogP contribution in [0.1, 0.15) is 12.5 Å². The zero-order valence-electron chi connectivity index (χ0n) is 13.9. The molecule has 0 fully saturated rings. The van der Waals surface area contributed by atoms with Gasteiger partial charge in [0.1, 0.15) is 5.75 Å². The first-order chi connectivity index (χ1) is 11.4. The molecule has 2 aromatic carbocycles. The standard InChI is InChI=1S/C18H21F2NO3/c1-18(19,20)24-15-7-5-14(6-8-15)21-11-10-13-4-9-16(22-2)17(12-13)23-3/h4-9,12,21H,10-11H2,1-3H3. The van der Waals surface area contributed by atoms with E-state index in [1.54, 1.807) is 26.4 Å². The van der Waals surface area contributed by atoms with Crippen molar-refractivity contribution in [1.82, 2.24) is 0 Å². The van der Waals surface area contributed by atoms with Crippen molar-refractivity contribution in [3.63, 3.8) is 0 Å². The van der Waals surface area contributed by atoms with E-state index < -0.39 is 6.11 Å². The van der Waals surface area contributed by atoms with Crippen LogP contribution in [0.3, 0.4) is 0 Å². The van der Waals surface area contributed by atoms with E-state index in [1.165, 1.54) is 12.1 Å². The average Bonchev–Trinajstić information content (AvgIpc) is 2.55. The van der Waals surface area contributed by atoms with Gasteiger partial charge in [-0.05, 0) is 48.4 Å². The number of methoxy groups -OCH3 is 2. The number of hydrogen-bond donors (Lipinski definition) is 1. The molecule has 1 N–H and O–H groups in total. The molecule has 0 saturated heterocycles. The maximum atomic E-state index is 12.8. The Kier molecular flexibility index (Phi) is 5.84. The van der Waals surface area contributed by atoms with Crippen molar-refractivity contribution in [2.75, 3.05) is 26.1 Å². The number of nitrogens with one attached hydrogen (secondary N) is 1. The molecule has 0 bridgehead atoms. The normalized spacial score (nSPS) is 11.0. The van der Waals surface area contributed by atoms with E-state index in [4.69, 9.17) is 9.47 Å². The van der Waals surface area contributed by atoms with Gasteiger partial charge in [-0.15, -0.1) is 0 Å². The second kappa shape index (κ2) is 7.86. The lowest BCUT2D eigenvalue weighted by Crippen LogP contribution is -2.19. The van der Waals surface area contributed by atoms with Crippen LogP contribution in [0.4, 0.5) is 14.5 Å². The lowest BCUT2D eigenvalue weighted by atomic mass is 10.1. The van der Waals surface area contributed by atoms with Gasteiger partial charge in [0.05, 0.1) is 14.2 Å². The van der Waals surface area contributed by atoms with Crippen LogP contribution in [0, 0.1) is 0 Å². The van der Waals surface area contributed by atoms with Crippen molar-refractivity contribution in [3.8, 4) is 17.2 Å². The van der Waals surface area contributed by atoms with Gasteiger partial charge >= 0.3 is 6.11 Å². The maximum absolute atomic E-state index is 12.8. The molecular weight excluding hydrogens is 316 g/mol. The fourth-order valence-corrected chi connectivity index (χ4v) is 2.24. The number of ether oxygens (including phenoxy) is 3. The zero-order chi connectivity index (χ0) is 17.6. The Morgan fingerprint density at radius 2 is 1.62 bits per heavy atom. The minimum Gasteiger partial charge on any atom is -0.493 e. The predicted molar refractivity (Wildman–Crippen MR) is 89.4 cm³/mol. The molecule has 24 heavy (non-hydrogen) atoms. The molecule has 0 atom stereocenters. The highest BCUT2D eigenvalue weighted by Gasteiger charge is 2.22. The van der Waals surface area contributed by atoms with Crippen molar-refractivity contribution >= 4 is 5.69 Å². The molecule has 0 amide bonds. The highest BCUT2D eigenvalue weighted by Crippen LogP contribution is 2.28. The van der Waals surface area contributed by atoms with E-state index in [0.717, 1.165) is 17.7 Å². The van der Waals surface area contributed by atoms with E-state index >= 15 is 0 Å². The third-order valence-electron chi connectivity index (χ3n) is 3.34. The van der Waals surface area contributed by atoms with Gasteiger partial charge < -0.3 is 19.5 Å². The van der Waals surface area contributed by atoms with Crippen LogP contribution in [0.15, 0.2) is 42.5 Å². The molecule has 0 aliphatic rings. The minimum absolute atomic E-state index is 0.132. The fourth-order valence-electron chi connectivity index (χ4n) is 2.24. The number of anilines is 1. The van der Waals surface area contributed by atoms with Gasteiger partial charge in [0, 0.05) is 19.2 Å². The highest BCUT2D eigenvalue weighted by atomic mass is 19.3. The van der Waals surface area contributed by atoms with E-state index in [2.05, 4.69) is 10.1 Å². The van der Waals surface area contributed by atoms with Crippen molar-refractivity contribution < 1.29 is 23.0 Å². The number of rotatable bonds is 8. The van der Waals surface area contributed by atoms with Gasteiger partial charge in [0.2, 0.25) is 0 Å². The molecule has 0 saturated carbocycles. The third kappa shape index (κ3) is 5.30. The Balaban J connectivity index is 1.88. The monoisotopic (exact) mass is 337 g/mol. The summed E-state index contributed by atoms with van der Waals surface area (Å²) >= 11 is 0. The van der Waals surface area contributed by atoms with Gasteiger partial charge in [-0.3, -0.25) is 0 Å². The molecule has 6 heteroatoms. The van der Waals surface area contributed by atoms with Gasteiger partial charge in [0.25, 0.3) is 0 Å². The van der Waals surface area contributed by atoms with E-state index in [1.807, 2.05) is 18.2 Å². The average molecular weight is 337 g/mol. The first kappa shape index (κ1) is 17.8. The topological polar surface area (TPSA) is 39.7 Å². The summed E-state index contributed by atoms with van der Waals surface area (Å²) in [5, 5.41) is 3.23. The van der Waals surface area contributed by atoms with E-state index in [9.17, 15) is 8.78 Å². The van der Waals surface area contributed by atoms with Gasteiger partial charge in [-0.25, -0.2) is 0 Å².